The number of ether oxygens (including phenoxy) is 3. The highest BCUT2D eigenvalue weighted by Gasteiger charge is 2.37. The molecule has 0 aromatic rings. The molecule has 0 radical (unpaired) electrons. The van der Waals surface area contributed by atoms with Gasteiger partial charge in [0.15, 0.2) is 0 Å². The number of rotatable bonds is 7. The minimum atomic E-state index is -0.355. The third kappa shape index (κ3) is 4.08. The van der Waals surface area contributed by atoms with Crippen molar-refractivity contribution in [2.45, 2.75) is 13.3 Å². The first kappa shape index (κ1) is 13.4. The molecule has 0 bridgehead atoms. The molecule has 0 saturated carbocycles. The number of carbonyl (C=O) groups excluding carboxylic acids is 1. The summed E-state index contributed by atoms with van der Waals surface area (Å²) in [5, 5.41) is 3.16. The van der Waals surface area contributed by atoms with Crippen molar-refractivity contribution in [1.82, 2.24) is 5.32 Å². The molecule has 0 aromatic heterocycles. The Labute approximate surface area is 96.4 Å². The molecule has 1 saturated heterocycles. The van der Waals surface area contributed by atoms with Crippen molar-refractivity contribution >= 4 is 5.97 Å². The lowest BCUT2D eigenvalue weighted by Gasteiger charge is -2.20. The number of hydrogen-bond acceptors (Lipinski definition) is 5. The topological polar surface area (TPSA) is 56.8 Å². The molecular formula is C11H21NO4. The molecule has 0 amide bonds. The molecule has 5 heteroatoms. The van der Waals surface area contributed by atoms with Gasteiger partial charge in [0.05, 0.1) is 25.2 Å². The van der Waals surface area contributed by atoms with E-state index in [1.54, 1.807) is 7.11 Å². The van der Waals surface area contributed by atoms with Gasteiger partial charge < -0.3 is 19.5 Å². The third-order valence-electron chi connectivity index (χ3n) is 2.75. The van der Waals surface area contributed by atoms with Crippen molar-refractivity contribution in [2.75, 3.05) is 46.6 Å². The van der Waals surface area contributed by atoms with Crippen LogP contribution in [0.2, 0.25) is 0 Å². The van der Waals surface area contributed by atoms with E-state index in [0.717, 1.165) is 13.0 Å². The van der Waals surface area contributed by atoms with Crippen molar-refractivity contribution in [3.05, 3.63) is 0 Å². The second-order valence-electron chi connectivity index (χ2n) is 4.23. The van der Waals surface area contributed by atoms with E-state index in [9.17, 15) is 4.79 Å². The van der Waals surface area contributed by atoms with Crippen LogP contribution >= 0.6 is 0 Å². The second-order valence-corrected chi connectivity index (χ2v) is 4.23. The molecule has 0 aromatic carbocycles. The van der Waals surface area contributed by atoms with Crippen molar-refractivity contribution in [1.29, 1.82) is 0 Å². The van der Waals surface area contributed by atoms with Gasteiger partial charge in [-0.25, -0.2) is 0 Å². The molecule has 1 aliphatic rings. The van der Waals surface area contributed by atoms with Gasteiger partial charge in [0, 0.05) is 13.7 Å². The zero-order valence-electron chi connectivity index (χ0n) is 10.1. The summed E-state index contributed by atoms with van der Waals surface area (Å²) < 4.78 is 15.2. The minimum absolute atomic E-state index is 0.132. The van der Waals surface area contributed by atoms with Gasteiger partial charge in [-0.3, -0.25) is 4.79 Å². The Bertz CT molecular complexity index is 214. The Balaban J connectivity index is 2.06. The van der Waals surface area contributed by atoms with E-state index < -0.39 is 0 Å². The van der Waals surface area contributed by atoms with Crippen molar-refractivity contribution in [2.24, 2.45) is 5.41 Å². The van der Waals surface area contributed by atoms with Gasteiger partial charge in [0.1, 0.15) is 6.61 Å². The molecule has 1 N–H and O–H groups in total. The minimum Gasteiger partial charge on any atom is -0.463 e. The van der Waals surface area contributed by atoms with Gasteiger partial charge in [0.2, 0.25) is 0 Å². The van der Waals surface area contributed by atoms with E-state index in [0.29, 0.717) is 33.0 Å². The molecule has 5 nitrogen and oxygen atoms in total. The Morgan fingerprint density at radius 1 is 1.31 bits per heavy atom. The summed E-state index contributed by atoms with van der Waals surface area (Å²) in [6, 6.07) is 0. The molecule has 1 rings (SSSR count). The van der Waals surface area contributed by atoms with Crippen LogP contribution in [0, 0.1) is 5.41 Å². The predicted octanol–water partition coefficient (Wildman–Crippen LogP) is 0.192. The second kappa shape index (κ2) is 6.83. The number of hydrogen-bond donors (Lipinski definition) is 1. The van der Waals surface area contributed by atoms with Gasteiger partial charge in [0.25, 0.3) is 0 Å². The third-order valence-corrected chi connectivity index (χ3v) is 2.75. The van der Waals surface area contributed by atoms with E-state index in [1.807, 2.05) is 6.92 Å². The maximum atomic E-state index is 11.7. The summed E-state index contributed by atoms with van der Waals surface area (Å²) in [4.78, 5) is 11.7. The lowest BCUT2D eigenvalue weighted by Crippen LogP contribution is -2.32. The Morgan fingerprint density at radius 2 is 2.06 bits per heavy atom. The molecule has 0 spiro atoms. The van der Waals surface area contributed by atoms with Gasteiger partial charge in [-0.2, -0.15) is 0 Å². The summed E-state index contributed by atoms with van der Waals surface area (Å²) in [7, 11) is 1.62. The van der Waals surface area contributed by atoms with E-state index >= 15 is 0 Å². The first-order chi connectivity index (χ1) is 7.69. The van der Waals surface area contributed by atoms with Crippen molar-refractivity contribution in [3.63, 3.8) is 0 Å². The number of methoxy groups -OCH3 is 1. The number of carbonyl (C=O) groups is 1. The van der Waals surface area contributed by atoms with Crippen LogP contribution < -0.4 is 5.32 Å². The fourth-order valence-corrected chi connectivity index (χ4v) is 1.60. The predicted molar refractivity (Wildman–Crippen MR) is 59.2 cm³/mol. The molecular weight excluding hydrogens is 210 g/mol. The van der Waals surface area contributed by atoms with Crippen LogP contribution in [0.5, 0.6) is 0 Å². The lowest BCUT2D eigenvalue weighted by molar-refractivity contribution is -0.155. The Kier molecular flexibility index (Phi) is 5.73. The van der Waals surface area contributed by atoms with E-state index in [1.165, 1.54) is 0 Å². The lowest BCUT2D eigenvalue weighted by atomic mass is 9.90. The normalized spacial score (nSPS) is 24.6. The van der Waals surface area contributed by atoms with Crippen LogP contribution in [0.4, 0.5) is 0 Å². The zero-order chi connectivity index (χ0) is 11.9. The summed E-state index contributed by atoms with van der Waals surface area (Å²) in [5.74, 6) is -0.132. The van der Waals surface area contributed by atoms with Gasteiger partial charge in [-0.15, -0.1) is 0 Å². The highest BCUT2D eigenvalue weighted by atomic mass is 16.6. The average molecular weight is 231 g/mol. The summed E-state index contributed by atoms with van der Waals surface area (Å²) >= 11 is 0. The summed E-state index contributed by atoms with van der Waals surface area (Å²) in [5.41, 5.74) is -0.355. The van der Waals surface area contributed by atoms with Crippen LogP contribution in [0.3, 0.4) is 0 Å². The standard InChI is InChI=1S/C11H21NO4/c1-11(3-4-12-9-11)10(13)16-8-7-15-6-5-14-2/h12H,3-9H2,1-2H3. The number of nitrogens with one attached hydrogen (secondary N) is 1. The van der Waals surface area contributed by atoms with E-state index in [4.69, 9.17) is 14.2 Å². The molecule has 1 heterocycles. The van der Waals surface area contributed by atoms with Crippen LogP contribution in [-0.4, -0.2) is 52.6 Å². The van der Waals surface area contributed by atoms with Gasteiger partial charge in [-0.05, 0) is 19.9 Å². The highest BCUT2D eigenvalue weighted by molar-refractivity contribution is 5.77. The molecule has 1 atom stereocenters. The van der Waals surface area contributed by atoms with Crippen LogP contribution in [0.25, 0.3) is 0 Å². The molecule has 16 heavy (non-hydrogen) atoms. The SMILES string of the molecule is COCCOCCOC(=O)C1(C)CCNC1. The largest absolute Gasteiger partial charge is 0.463 e. The summed E-state index contributed by atoms with van der Waals surface area (Å²) in [6.07, 6.45) is 0.844. The van der Waals surface area contributed by atoms with Gasteiger partial charge in [-0.1, -0.05) is 0 Å². The number of esters is 1. The van der Waals surface area contributed by atoms with E-state index in [-0.39, 0.29) is 11.4 Å². The highest BCUT2D eigenvalue weighted by Crippen LogP contribution is 2.25. The summed E-state index contributed by atoms with van der Waals surface area (Å²) in [6.45, 7) is 5.37. The quantitative estimate of drug-likeness (QED) is 0.501. The first-order valence-electron chi connectivity index (χ1n) is 5.64. The zero-order valence-corrected chi connectivity index (χ0v) is 10.1. The molecule has 1 unspecified atom stereocenters. The maximum Gasteiger partial charge on any atom is 0.313 e. The van der Waals surface area contributed by atoms with Crippen molar-refractivity contribution in [3.8, 4) is 0 Å². The molecule has 94 valence electrons. The van der Waals surface area contributed by atoms with Crippen LogP contribution in [0.15, 0.2) is 0 Å². The monoisotopic (exact) mass is 231 g/mol. The molecule has 1 aliphatic heterocycles. The maximum absolute atomic E-state index is 11.7. The fraction of sp³-hybridized carbons (Fsp3) is 0.909. The van der Waals surface area contributed by atoms with Gasteiger partial charge >= 0.3 is 5.97 Å². The van der Waals surface area contributed by atoms with Crippen LogP contribution in [-0.2, 0) is 19.0 Å². The van der Waals surface area contributed by atoms with E-state index in [2.05, 4.69) is 5.32 Å². The average Bonchev–Trinajstić information content (AvgIpc) is 2.71. The Hall–Kier alpha value is -0.650. The Morgan fingerprint density at radius 3 is 2.69 bits per heavy atom. The smallest absolute Gasteiger partial charge is 0.313 e. The first-order valence-corrected chi connectivity index (χ1v) is 5.64. The molecule has 1 fully saturated rings. The fourth-order valence-electron chi connectivity index (χ4n) is 1.60. The van der Waals surface area contributed by atoms with Crippen molar-refractivity contribution < 1.29 is 19.0 Å². The van der Waals surface area contributed by atoms with Crippen LogP contribution in [0.1, 0.15) is 13.3 Å². The molecule has 0 aliphatic carbocycles.